The molecule has 0 saturated carbocycles. The Hall–Kier alpha value is -3.99. The van der Waals surface area contributed by atoms with Crippen molar-refractivity contribution in [3.05, 3.63) is 85.7 Å². The molecule has 0 aliphatic heterocycles. The van der Waals surface area contributed by atoms with Crippen LogP contribution < -0.4 is 0 Å². The third-order valence-electron chi connectivity index (χ3n) is 5.08. The van der Waals surface area contributed by atoms with Crippen molar-refractivity contribution < 1.29 is 4.42 Å². The molecule has 3 aromatic carbocycles. The van der Waals surface area contributed by atoms with E-state index >= 15 is 0 Å². The summed E-state index contributed by atoms with van der Waals surface area (Å²) in [6.45, 7) is 0. The molecule has 0 aliphatic rings. The summed E-state index contributed by atoms with van der Waals surface area (Å²) in [5.41, 5.74) is 5.46. The highest BCUT2D eigenvalue weighted by Crippen LogP contribution is 2.37. The SMILES string of the molecule is c1ccc2c(c1)oc1c(-c3ncnc4cc(-n5ccnc5)ccc34)cccc12. The monoisotopic (exact) mass is 362 g/mol. The van der Waals surface area contributed by atoms with Gasteiger partial charge in [0.05, 0.1) is 17.5 Å². The summed E-state index contributed by atoms with van der Waals surface area (Å²) < 4.78 is 8.16. The van der Waals surface area contributed by atoms with Crippen LogP contribution in [0.15, 0.2) is 90.1 Å². The highest BCUT2D eigenvalue weighted by atomic mass is 16.3. The third-order valence-corrected chi connectivity index (χ3v) is 5.08. The molecule has 0 bridgehead atoms. The summed E-state index contributed by atoms with van der Waals surface area (Å²) in [5, 5.41) is 3.19. The molecule has 3 aromatic heterocycles. The van der Waals surface area contributed by atoms with Gasteiger partial charge in [-0.1, -0.05) is 30.3 Å². The molecule has 5 nitrogen and oxygen atoms in total. The van der Waals surface area contributed by atoms with Gasteiger partial charge in [0.15, 0.2) is 0 Å². The molecule has 0 saturated heterocycles. The maximum Gasteiger partial charge on any atom is 0.144 e. The number of benzene rings is 3. The first-order chi connectivity index (χ1) is 13.9. The number of aromatic nitrogens is 4. The molecule has 132 valence electrons. The molecule has 0 N–H and O–H groups in total. The first kappa shape index (κ1) is 15.1. The van der Waals surface area contributed by atoms with Crippen LogP contribution in [0, 0.1) is 0 Å². The van der Waals surface area contributed by atoms with Gasteiger partial charge in [-0.2, -0.15) is 0 Å². The summed E-state index contributed by atoms with van der Waals surface area (Å²) in [6.07, 6.45) is 7.06. The normalized spacial score (nSPS) is 11.6. The zero-order valence-corrected chi connectivity index (χ0v) is 14.8. The molecule has 0 aliphatic carbocycles. The van der Waals surface area contributed by atoms with Crippen LogP contribution in [0.1, 0.15) is 0 Å². The van der Waals surface area contributed by atoms with Crippen molar-refractivity contribution in [1.82, 2.24) is 19.5 Å². The molecule has 0 radical (unpaired) electrons. The molecule has 5 heteroatoms. The van der Waals surface area contributed by atoms with Gasteiger partial charge in [0.25, 0.3) is 0 Å². The lowest BCUT2D eigenvalue weighted by atomic mass is 10.0. The maximum atomic E-state index is 6.20. The van der Waals surface area contributed by atoms with Gasteiger partial charge in [0, 0.05) is 39.8 Å². The van der Waals surface area contributed by atoms with Crippen LogP contribution in [0.2, 0.25) is 0 Å². The van der Waals surface area contributed by atoms with Crippen molar-refractivity contribution in [2.45, 2.75) is 0 Å². The maximum absolute atomic E-state index is 6.20. The summed E-state index contributed by atoms with van der Waals surface area (Å²) >= 11 is 0. The lowest BCUT2D eigenvalue weighted by Crippen LogP contribution is -1.93. The van der Waals surface area contributed by atoms with Gasteiger partial charge in [-0.05, 0) is 30.3 Å². The van der Waals surface area contributed by atoms with E-state index in [0.29, 0.717) is 0 Å². The fourth-order valence-electron chi connectivity index (χ4n) is 3.77. The number of para-hydroxylation sites is 2. The van der Waals surface area contributed by atoms with Crippen LogP contribution in [0.5, 0.6) is 0 Å². The van der Waals surface area contributed by atoms with E-state index in [0.717, 1.165) is 49.8 Å². The predicted octanol–water partition coefficient (Wildman–Crippen LogP) is 5.38. The van der Waals surface area contributed by atoms with Crippen LogP contribution in [-0.2, 0) is 0 Å². The molecule has 0 fully saturated rings. The van der Waals surface area contributed by atoms with Gasteiger partial charge in [-0.3, -0.25) is 0 Å². The second kappa shape index (κ2) is 5.76. The third kappa shape index (κ3) is 2.16. The average Bonchev–Trinajstić information content (AvgIpc) is 3.41. The van der Waals surface area contributed by atoms with Gasteiger partial charge >= 0.3 is 0 Å². The minimum atomic E-state index is 0.849. The van der Waals surface area contributed by atoms with Crippen molar-refractivity contribution >= 4 is 32.8 Å². The largest absolute Gasteiger partial charge is 0.455 e. The van der Waals surface area contributed by atoms with Gasteiger partial charge in [0.2, 0.25) is 0 Å². The van der Waals surface area contributed by atoms with E-state index in [9.17, 15) is 0 Å². The smallest absolute Gasteiger partial charge is 0.144 e. The Bertz CT molecular complexity index is 1460. The van der Waals surface area contributed by atoms with Gasteiger partial charge in [0.1, 0.15) is 17.5 Å². The molecule has 3 heterocycles. The molecule has 0 atom stereocenters. The summed E-state index contributed by atoms with van der Waals surface area (Å²) in [5.74, 6) is 0. The second-order valence-corrected chi connectivity index (χ2v) is 6.67. The van der Waals surface area contributed by atoms with E-state index < -0.39 is 0 Å². The number of fused-ring (bicyclic) bond motifs is 4. The van der Waals surface area contributed by atoms with Crippen molar-refractivity contribution in [2.24, 2.45) is 0 Å². The van der Waals surface area contributed by atoms with Gasteiger partial charge in [-0.15, -0.1) is 0 Å². The lowest BCUT2D eigenvalue weighted by Gasteiger charge is -2.08. The molecule has 6 rings (SSSR count). The van der Waals surface area contributed by atoms with Crippen LogP contribution in [0.4, 0.5) is 0 Å². The Kier molecular flexibility index (Phi) is 3.10. The molecule has 0 unspecified atom stereocenters. The average molecular weight is 362 g/mol. The fourth-order valence-corrected chi connectivity index (χ4v) is 3.77. The molecular weight excluding hydrogens is 348 g/mol. The van der Waals surface area contributed by atoms with Gasteiger partial charge in [-0.25, -0.2) is 15.0 Å². The molecular formula is C23H14N4O. The molecule has 0 amide bonds. The molecule has 28 heavy (non-hydrogen) atoms. The topological polar surface area (TPSA) is 56.7 Å². The Morgan fingerprint density at radius 3 is 2.68 bits per heavy atom. The highest BCUT2D eigenvalue weighted by Gasteiger charge is 2.15. The number of furan rings is 1. The fraction of sp³-hybridized carbons (Fsp3) is 0. The van der Waals surface area contributed by atoms with Crippen molar-refractivity contribution in [3.63, 3.8) is 0 Å². The van der Waals surface area contributed by atoms with Crippen LogP contribution >= 0.6 is 0 Å². The van der Waals surface area contributed by atoms with E-state index in [2.05, 4.69) is 45.3 Å². The summed E-state index contributed by atoms with van der Waals surface area (Å²) in [6, 6.07) is 20.4. The van der Waals surface area contributed by atoms with Crippen LogP contribution in [0.3, 0.4) is 0 Å². The van der Waals surface area contributed by atoms with Crippen LogP contribution in [0.25, 0.3) is 49.8 Å². The number of nitrogens with zero attached hydrogens (tertiary/aromatic N) is 4. The van der Waals surface area contributed by atoms with Crippen molar-refractivity contribution in [1.29, 1.82) is 0 Å². The minimum Gasteiger partial charge on any atom is -0.455 e. The molecule has 0 spiro atoms. The zero-order valence-electron chi connectivity index (χ0n) is 14.8. The molecule has 6 aromatic rings. The van der Waals surface area contributed by atoms with E-state index in [1.807, 2.05) is 41.1 Å². The Labute approximate surface area is 159 Å². The van der Waals surface area contributed by atoms with Crippen molar-refractivity contribution in [2.75, 3.05) is 0 Å². The Balaban J connectivity index is 1.62. The predicted molar refractivity (Wildman–Crippen MR) is 109 cm³/mol. The van der Waals surface area contributed by atoms with Crippen molar-refractivity contribution in [3.8, 4) is 16.9 Å². The quantitative estimate of drug-likeness (QED) is 0.415. The number of hydrogen-bond donors (Lipinski definition) is 0. The number of imidazole rings is 1. The number of rotatable bonds is 2. The minimum absolute atomic E-state index is 0.849. The van der Waals surface area contributed by atoms with Gasteiger partial charge < -0.3 is 8.98 Å². The van der Waals surface area contributed by atoms with E-state index in [4.69, 9.17) is 4.42 Å². The first-order valence-corrected chi connectivity index (χ1v) is 9.02. The first-order valence-electron chi connectivity index (χ1n) is 9.02. The lowest BCUT2D eigenvalue weighted by molar-refractivity contribution is 0.670. The van der Waals surface area contributed by atoms with E-state index in [1.54, 1.807) is 18.9 Å². The Morgan fingerprint density at radius 2 is 1.75 bits per heavy atom. The standard InChI is InChI=1S/C23H14N4O/c1-2-7-21-16(4-1)17-5-3-6-19(23(17)28-21)22-18-9-8-15(27-11-10-24-14-27)12-20(18)25-13-26-22/h1-14H. The van der Waals surface area contributed by atoms with Crippen LogP contribution in [-0.4, -0.2) is 19.5 Å². The Morgan fingerprint density at radius 1 is 0.821 bits per heavy atom. The highest BCUT2D eigenvalue weighted by molar-refractivity contribution is 6.11. The van der Waals surface area contributed by atoms with E-state index in [1.165, 1.54) is 0 Å². The zero-order chi connectivity index (χ0) is 18.5. The summed E-state index contributed by atoms with van der Waals surface area (Å²) in [4.78, 5) is 13.2. The number of hydrogen-bond acceptors (Lipinski definition) is 4. The second-order valence-electron chi connectivity index (χ2n) is 6.67. The van der Waals surface area contributed by atoms with E-state index in [-0.39, 0.29) is 0 Å². The summed E-state index contributed by atoms with van der Waals surface area (Å²) in [7, 11) is 0.